The number of nitrogens with one attached hydrogen (secondary N) is 1. The Morgan fingerprint density at radius 1 is 1.19 bits per heavy atom. The molecule has 0 aromatic heterocycles. The van der Waals surface area contributed by atoms with Crippen LogP contribution in [0.15, 0.2) is 0 Å². The number of urea groups is 1. The second kappa shape index (κ2) is 9.20. The Labute approximate surface area is 126 Å². The van der Waals surface area contributed by atoms with Crippen LogP contribution in [0, 0.1) is 5.92 Å². The smallest absolute Gasteiger partial charge is 0.326 e. The standard InChI is InChI=1S/C14H27N3O4/c1-6-8-17(9-11(18)16(4)5)14(21)15-12(13(19)20)10(3)7-2/h10,12H,6-9H2,1-5H3,(H,15,21)(H,19,20)/t10?,12-/m0/s1. The van der Waals surface area contributed by atoms with E-state index >= 15 is 0 Å². The fourth-order valence-corrected chi connectivity index (χ4v) is 1.73. The van der Waals surface area contributed by atoms with E-state index in [9.17, 15) is 19.5 Å². The summed E-state index contributed by atoms with van der Waals surface area (Å²) in [5.74, 6) is -1.44. The Balaban J connectivity index is 4.87. The predicted octanol–water partition coefficient (Wildman–Crippen LogP) is 0.996. The van der Waals surface area contributed by atoms with E-state index in [4.69, 9.17) is 0 Å². The number of nitrogens with zero attached hydrogens (tertiary/aromatic N) is 2. The molecule has 0 spiro atoms. The molecule has 0 saturated heterocycles. The van der Waals surface area contributed by atoms with Crippen molar-refractivity contribution in [3.05, 3.63) is 0 Å². The molecule has 0 bridgehead atoms. The van der Waals surface area contributed by atoms with Crippen LogP contribution in [-0.4, -0.2) is 66.0 Å². The predicted molar refractivity (Wildman–Crippen MR) is 80.0 cm³/mol. The Morgan fingerprint density at radius 3 is 2.14 bits per heavy atom. The minimum atomic E-state index is -1.06. The molecule has 0 fully saturated rings. The lowest BCUT2D eigenvalue weighted by Gasteiger charge is -2.27. The maximum Gasteiger partial charge on any atom is 0.326 e. The van der Waals surface area contributed by atoms with Gasteiger partial charge in [-0.1, -0.05) is 27.2 Å². The van der Waals surface area contributed by atoms with Crippen LogP contribution in [0.2, 0.25) is 0 Å². The quantitative estimate of drug-likeness (QED) is 0.699. The van der Waals surface area contributed by atoms with Gasteiger partial charge in [-0.2, -0.15) is 0 Å². The molecule has 2 atom stereocenters. The van der Waals surface area contributed by atoms with Gasteiger partial charge in [0.15, 0.2) is 0 Å². The van der Waals surface area contributed by atoms with Crippen molar-refractivity contribution in [1.82, 2.24) is 15.1 Å². The molecule has 1 unspecified atom stereocenters. The van der Waals surface area contributed by atoms with E-state index < -0.39 is 18.0 Å². The number of aliphatic carboxylic acids is 1. The molecule has 0 aliphatic carbocycles. The SMILES string of the molecule is CCCN(CC(=O)N(C)C)C(=O)N[C@H](C(=O)O)C(C)CC. The zero-order chi connectivity index (χ0) is 16.6. The van der Waals surface area contributed by atoms with Crippen LogP contribution in [0.4, 0.5) is 4.79 Å². The van der Waals surface area contributed by atoms with Crippen molar-refractivity contribution in [1.29, 1.82) is 0 Å². The number of rotatable bonds is 8. The summed E-state index contributed by atoms with van der Waals surface area (Å²) in [6.07, 6.45) is 1.33. The number of amides is 3. The number of hydrogen-bond acceptors (Lipinski definition) is 3. The number of carboxylic acid groups (broad SMARTS) is 1. The van der Waals surface area contributed by atoms with Crippen molar-refractivity contribution < 1.29 is 19.5 Å². The van der Waals surface area contributed by atoms with Gasteiger partial charge in [0.2, 0.25) is 5.91 Å². The zero-order valence-electron chi connectivity index (χ0n) is 13.5. The highest BCUT2D eigenvalue weighted by Gasteiger charge is 2.28. The molecule has 0 heterocycles. The third kappa shape index (κ3) is 6.46. The molecule has 3 amide bonds. The van der Waals surface area contributed by atoms with Crippen molar-refractivity contribution in [2.45, 2.75) is 39.7 Å². The van der Waals surface area contributed by atoms with Crippen LogP contribution in [0.3, 0.4) is 0 Å². The molecule has 21 heavy (non-hydrogen) atoms. The Kier molecular flexibility index (Phi) is 8.42. The van der Waals surface area contributed by atoms with Gasteiger partial charge >= 0.3 is 12.0 Å². The van der Waals surface area contributed by atoms with Crippen LogP contribution in [0.25, 0.3) is 0 Å². The summed E-state index contributed by atoms with van der Waals surface area (Å²) < 4.78 is 0. The minimum Gasteiger partial charge on any atom is -0.480 e. The van der Waals surface area contributed by atoms with Crippen molar-refractivity contribution in [2.24, 2.45) is 5.92 Å². The van der Waals surface area contributed by atoms with Crippen molar-refractivity contribution in [3.8, 4) is 0 Å². The summed E-state index contributed by atoms with van der Waals surface area (Å²) in [5.41, 5.74) is 0. The molecule has 7 nitrogen and oxygen atoms in total. The highest BCUT2D eigenvalue weighted by atomic mass is 16.4. The molecule has 0 saturated carbocycles. The Morgan fingerprint density at radius 2 is 1.76 bits per heavy atom. The maximum absolute atomic E-state index is 12.2. The molecule has 0 aliphatic rings. The lowest BCUT2D eigenvalue weighted by Crippen LogP contribution is -2.52. The monoisotopic (exact) mass is 301 g/mol. The van der Waals surface area contributed by atoms with E-state index in [0.717, 1.165) is 0 Å². The maximum atomic E-state index is 12.2. The Hall–Kier alpha value is -1.79. The largest absolute Gasteiger partial charge is 0.480 e. The number of carboxylic acids is 1. The summed E-state index contributed by atoms with van der Waals surface area (Å²) in [7, 11) is 3.23. The normalized spacial score (nSPS) is 13.2. The van der Waals surface area contributed by atoms with Crippen molar-refractivity contribution in [3.63, 3.8) is 0 Å². The van der Waals surface area contributed by atoms with E-state index in [1.165, 1.54) is 9.80 Å². The second-order valence-electron chi connectivity index (χ2n) is 5.36. The van der Waals surface area contributed by atoms with Crippen molar-refractivity contribution in [2.75, 3.05) is 27.2 Å². The average Bonchev–Trinajstić information content (AvgIpc) is 2.42. The lowest BCUT2D eigenvalue weighted by molar-refractivity contribution is -0.140. The lowest BCUT2D eigenvalue weighted by atomic mass is 9.99. The molecular formula is C14H27N3O4. The van der Waals surface area contributed by atoms with E-state index in [1.54, 1.807) is 21.0 Å². The topological polar surface area (TPSA) is 90.0 Å². The summed E-state index contributed by atoms with van der Waals surface area (Å²) >= 11 is 0. The highest BCUT2D eigenvalue weighted by molar-refractivity contribution is 5.86. The van der Waals surface area contributed by atoms with Crippen LogP contribution >= 0.6 is 0 Å². The van der Waals surface area contributed by atoms with E-state index in [1.807, 2.05) is 13.8 Å². The van der Waals surface area contributed by atoms with Gasteiger partial charge in [0, 0.05) is 20.6 Å². The van der Waals surface area contributed by atoms with Gasteiger partial charge in [-0.15, -0.1) is 0 Å². The van der Waals surface area contributed by atoms with Crippen LogP contribution < -0.4 is 5.32 Å². The van der Waals surface area contributed by atoms with E-state index in [0.29, 0.717) is 19.4 Å². The van der Waals surface area contributed by atoms with Gasteiger partial charge in [0.05, 0.1) is 0 Å². The first-order chi connectivity index (χ1) is 9.74. The molecule has 0 aromatic rings. The van der Waals surface area contributed by atoms with Gasteiger partial charge in [0.25, 0.3) is 0 Å². The molecule has 0 radical (unpaired) electrons. The van der Waals surface area contributed by atoms with Crippen LogP contribution in [0.5, 0.6) is 0 Å². The summed E-state index contributed by atoms with van der Waals surface area (Å²) in [5, 5.41) is 11.7. The second-order valence-corrected chi connectivity index (χ2v) is 5.36. The fraction of sp³-hybridized carbons (Fsp3) is 0.786. The number of carbonyl (C=O) groups excluding carboxylic acids is 2. The van der Waals surface area contributed by atoms with Gasteiger partial charge in [0.1, 0.15) is 12.6 Å². The van der Waals surface area contributed by atoms with E-state index in [2.05, 4.69) is 5.32 Å². The molecule has 0 rings (SSSR count). The highest BCUT2D eigenvalue weighted by Crippen LogP contribution is 2.09. The first-order valence-corrected chi connectivity index (χ1v) is 7.22. The summed E-state index contributed by atoms with van der Waals surface area (Å²) in [6.45, 7) is 5.88. The van der Waals surface area contributed by atoms with Gasteiger partial charge in [-0.25, -0.2) is 9.59 Å². The van der Waals surface area contributed by atoms with Gasteiger partial charge < -0.3 is 20.2 Å². The third-order valence-electron chi connectivity index (χ3n) is 3.36. The molecule has 122 valence electrons. The summed E-state index contributed by atoms with van der Waals surface area (Å²) in [4.78, 5) is 37.9. The molecule has 0 aromatic carbocycles. The molecular weight excluding hydrogens is 274 g/mol. The first-order valence-electron chi connectivity index (χ1n) is 7.22. The van der Waals surface area contributed by atoms with Crippen molar-refractivity contribution >= 4 is 17.9 Å². The summed E-state index contributed by atoms with van der Waals surface area (Å²) in [6, 6.07) is -1.46. The fourth-order valence-electron chi connectivity index (χ4n) is 1.73. The van der Waals surface area contributed by atoms with E-state index in [-0.39, 0.29) is 18.4 Å². The van der Waals surface area contributed by atoms with Crippen LogP contribution in [-0.2, 0) is 9.59 Å². The molecule has 0 aliphatic heterocycles. The Bertz CT molecular complexity index is 371. The number of hydrogen-bond donors (Lipinski definition) is 2. The molecule has 2 N–H and O–H groups in total. The minimum absolute atomic E-state index is 0.0560. The van der Waals surface area contributed by atoms with Crippen LogP contribution in [0.1, 0.15) is 33.6 Å². The molecule has 7 heteroatoms. The average molecular weight is 301 g/mol. The third-order valence-corrected chi connectivity index (χ3v) is 3.36. The zero-order valence-corrected chi connectivity index (χ0v) is 13.5. The first kappa shape index (κ1) is 19.2. The van der Waals surface area contributed by atoms with Gasteiger partial charge in [-0.05, 0) is 12.3 Å². The number of likely N-dealkylation sites (N-methyl/N-ethyl adjacent to an activating group) is 1. The van der Waals surface area contributed by atoms with Gasteiger partial charge in [-0.3, -0.25) is 4.79 Å². The number of carbonyl (C=O) groups is 3.